The molecule has 1 aliphatic rings. The topological polar surface area (TPSA) is 53.9 Å². The molecule has 0 fully saturated rings. The van der Waals surface area contributed by atoms with Crippen molar-refractivity contribution in [3.05, 3.63) is 59.7 Å². The summed E-state index contributed by atoms with van der Waals surface area (Å²) >= 11 is 0. The van der Waals surface area contributed by atoms with Crippen molar-refractivity contribution in [1.29, 1.82) is 0 Å². The van der Waals surface area contributed by atoms with Gasteiger partial charge in [-0.15, -0.1) is 0 Å². The molecule has 0 saturated heterocycles. The SMILES string of the molecule is COc1ccc([C@H]2CC(c3ccccc3O)=NN2)cc1. The van der Waals surface area contributed by atoms with Crippen molar-refractivity contribution in [1.82, 2.24) is 5.43 Å². The minimum absolute atomic E-state index is 0.135. The number of phenolic OH excluding ortho intramolecular Hbond substituents is 1. The molecule has 20 heavy (non-hydrogen) atoms. The Kier molecular flexibility index (Phi) is 3.29. The van der Waals surface area contributed by atoms with Crippen molar-refractivity contribution in [2.45, 2.75) is 12.5 Å². The number of nitrogens with zero attached hydrogens (tertiary/aromatic N) is 1. The zero-order valence-corrected chi connectivity index (χ0v) is 11.2. The van der Waals surface area contributed by atoms with Crippen molar-refractivity contribution < 1.29 is 9.84 Å². The van der Waals surface area contributed by atoms with Crippen LogP contribution in [-0.4, -0.2) is 17.9 Å². The summed E-state index contributed by atoms with van der Waals surface area (Å²) in [5.41, 5.74) is 5.94. The third-order valence-electron chi connectivity index (χ3n) is 3.49. The third-order valence-corrected chi connectivity index (χ3v) is 3.49. The van der Waals surface area contributed by atoms with Gasteiger partial charge in [0.1, 0.15) is 11.5 Å². The summed E-state index contributed by atoms with van der Waals surface area (Å²) in [5, 5.41) is 14.2. The van der Waals surface area contributed by atoms with Crippen molar-refractivity contribution in [2.75, 3.05) is 7.11 Å². The Morgan fingerprint density at radius 1 is 1.15 bits per heavy atom. The quantitative estimate of drug-likeness (QED) is 0.900. The second-order valence-corrected chi connectivity index (χ2v) is 4.73. The van der Waals surface area contributed by atoms with Crippen LogP contribution < -0.4 is 10.2 Å². The molecule has 0 bridgehead atoms. The molecule has 2 aromatic carbocycles. The third kappa shape index (κ3) is 2.32. The number of para-hydroxylation sites is 1. The number of hydrogen-bond donors (Lipinski definition) is 2. The molecule has 2 N–H and O–H groups in total. The number of ether oxygens (including phenoxy) is 1. The number of benzene rings is 2. The summed E-state index contributed by atoms with van der Waals surface area (Å²) in [4.78, 5) is 0. The molecule has 0 unspecified atom stereocenters. The van der Waals surface area contributed by atoms with Gasteiger partial charge in [-0.2, -0.15) is 5.10 Å². The fourth-order valence-electron chi connectivity index (χ4n) is 2.36. The van der Waals surface area contributed by atoms with Gasteiger partial charge in [-0.25, -0.2) is 0 Å². The van der Waals surface area contributed by atoms with E-state index in [0.717, 1.165) is 29.0 Å². The summed E-state index contributed by atoms with van der Waals surface area (Å²) in [5.74, 6) is 1.11. The number of aromatic hydroxyl groups is 1. The molecule has 0 aromatic heterocycles. The number of methoxy groups -OCH3 is 1. The summed E-state index contributed by atoms with van der Waals surface area (Å²) in [6.07, 6.45) is 0.754. The highest BCUT2D eigenvalue weighted by Gasteiger charge is 2.22. The maximum atomic E-state index is 9.87. The van der Waals surface area contributed by atoms with Crippen LogP contribution in [0.5, 0.6) is 11.5 Å². The first kappa shape index (κ1) is 12.5. The smallest absolute Gasteiger partial charge is 0.124 e. The molecule has 4 heteroatoms. The molecule has 2 aromatic rings. The lowest BCUT2D eigenvalue weighted by Gasteiger charge is -2.11. The predicted molar refractivity (Wildman–Crippen MR) is 78.1 cm³/mol. The van der Waals surface area contributed by atoms with E-state index in [2.05, 4.69) is 10.5 Å². The average Bonchev–Trinajstić information content (AvgIpc) is 2.97. The number of rotatable bonds is 3. The van der Waals surface area contributed by atoms with Crippen LogP contribution in [0, 0.1) is 0 Å². The second-order valence-electron chi connectivity index (χ2n) is 4.73. The van der Waals surface area contributed by atoms with E-state index in [1.807, 2.05) is 42.5 Å². The van der Waals surface area contributed by atoms with Gasteiger partial charge < -0.3 is 15.3 Å². The summed E-state index contributed by atoms with van der Waals surface area (Å²) < 4.78 is 5.16. The van der Waals surface area contributed by atoms with Gasteiger partial charge in [0, 0.05) is 12.0 Å². The first-order valence-corrected chi connectivity index (χ1v) is 6.52. The van der Waals surface area contributed by atoms with E-state index in [1.54, 1.807) is 13.2 Å². The maximum Gasteiger partial charge on any atom is 0.124 e. The highest BCUT2D eigenvalue weighted by molar-refractivity contribution is 6.03. The molecule has 0 radical (unpaired) electrons. The van der Waals surface area contributed by atoms with Crippen LogP contribution in [0.15, 0.2) is 53.6 Å². The van der Waals surface area contributed by atoms with Gasteiger partial charge >= 0.3 is 0 Å². The Morgan fingerprint density at radius 3 is 2.60 bits per heavy atom. The van der Waals surface area contributed by atoms with Crippen LogP contribution in [0.25, 0.3) is 0 Å². The molecular formula is C16H16N2O2. The standard InChI is InChI=1S/C16H16N2O2/c1-20-12-8-6-11(7-9-12)14-10-15(18-17-14)13-4-2-3-5-16(13)19/h2-9,14,17,19H,10H2,1H3/t14-/m1/s1. The average molecular weight is 268 g/mol. The number of nitrogens with one attached hydrogen (secondary N) is 1. The lowest BCUT2D eigenvalue weighted by molar-refractivity contribution is 0.414. The van der Waals surface area contributed by atoms with Crippen LogP contribution >= 0.6 is 0 Å². The first-order valence-electron chi connectivity index (χ1n) is 6.52. The van der Waals surface area contributed by atoms with E-state index in [9.17, 15) is 5.11 Å². The minimum atomic E-state index is 0.135. The maximum absolute atomic E-state index is 9.87. The van der Waals surface area contributed by atoms with Gasteiger partial charge in [0.2, 0.25) is 0 Å². The van der Waals surface area contributed by atoms with Gasteiger partial charge in [0.25, 0.3) is 0 Å². The Hall–Kier alpha value is -2.49. The van der Waals surface area contributed by atoms with Gasteiger partial charge in [-0.05, 0) is 29.8 Å². The predicted octanol–water partition coefficient (Wildman–Crippen LogP) is 2.84. The molecule has 3 rings (SSSR count). The Morgan fingerprint density at radius 2 is 1.90 bits per heavy atom. The van der Waals surface area contributed by atoms with Crippen molar-refractivity contribution in [3.8, 4) is 11.5 Å². The van der Waals surface area contributed by atoms with Gasteiger partial charge in [0.05, 0.1) is 18.9 Å². The number of phenols is 1. The van der Waals surface area contributed by atoms with Crippen molar-refractivity contribution in [3.63, 3.8) is 0 Å². The van der Waals surface area contributed by atoms with Crippen LogP contribution in [0.3, 0.4) is 0 Å². The van der Waals surface area contributed by atoms with E-state index in [1.165, 1.54) is 0 Å². The van der Waals surface area contributed by atoms with E-state index < -0.39 is 0 Å². The van der Waals surface area contributed by atoms with Crippen molar-refractivity contribution >= 4 is 5.71 Å². The van der Waals surface area contributed by atoms with Gasteiger partial charge in [-0.3, -0.25) is 0 Å². The normalized spacial score (nSPS) is 17.4. The van der Waals surface area contributed by atoms with E-state index >= 15 is 0 Å². The highest BCUT2D eigenvalue weighted by atomic mass is 16.5. The van der Waals surface area contributed by atoms with E-state index in [0.29, 0.717) is 0 Å². The molecule has 1 atom stereocenters. The van der Waals surface area contributed by atoms with Crippen LogP contribution in [0.2, 0.25) is 0 Å². The van der Waals surface area contributed by atoms with Gasteiger partial charge in [0.15, 0.2) is 0 Å². The largest absolute Gasteiger partial charge is 0.507 e. The fraction of sp³-hybridized carbons (Fsp3) is 0.188. The zero-order valence-electron chi connectivity index (χ0n) is 11.2. The molecule has 1 heterocycles. The van der Waals surface area contributed by atoms with Crippen molar-refractivity contribution in [2.24, 2.45) is 5.10 Å². The summed E-state index contributed by atoms with van der Waals surface area (Å²) in [6.45, 7) is 0. The number of hydrogen-bond acceptors (Lipinski definition) is 4. The summed E-state index contributed by atoms with van der Waals surface area (Å²) in [7, 11) is 1.65. The van der Waals surface area contributed by atoms with E-state index in [-0.39, 0.29) is 11.8 Å². The monoisotopic (exact) mass is 268 g/mol. The highest BCUT2D eigenvalue weighted by Crippen LogP contribution is 2.28. The van der Waals surface area contributed by atoms with Crippen LogP contribution in [0.1, 0.15) is 23.6 Å². The molecule has 4 nitrogen and oxygen atoms in total. The Bertz CT molecular complexity index is 635. The lowest BCUT2D eigenvalue weighted by atomic mass is 9.98. The van der Waals surface area contributed by atoms with E-state index in [4.69, 9.17) is 4.74 Å². The fourth-order valence-corrected chi connectivity index (χ4v) is 2.36. The van der Waals surface area contributed by atoms with Crippen LogP contribution in [-0.2, 0) is 0 Å². The molecule has 0 saturated carbocycles. The molecule has 102 valence electrons. The Labute approximate surface area is 117 Å². The van der Waals surface area contributed by atoms with Crippen LogP contribution in [0.4, 0.5) is 0 Å². The molecular weight excluding hydrogens is 252 g/mol. The molecule has 1 aliphatic heterocycles. The molecule has 0 spiro atoms. The Balaban J connectivity index is 1.77. The second kappa shape index (κ2) is 5.25. The zero-order chi connectivity index (χ0) is 13.9. The molecule has 0 amide bonds. The van der Waals surface area contributed by atoms with Gasteiger partial charge in [-0.1, -0.05) is 24.3 Å². The first-order chi connectivity index (χ1) is 9.78. The minimum Gasteiger partial charge on any atom is -0.507 e. The molecule has 0 aliphatic carbocycles. The lowest BCUT2D eigenvalue weighted by Crippen LogP contribution is -2.09. The summed E-state index contributed by atoms with van der Waals surface area (Å²) in [6, 6.07) is 15.3. The number of hydrazone groups is 1.